The molecule has 0 aromatic rings. The molecule has 1 amide bonds. The number of carbonyl (C=O) groups is 1. The van der Waals surface area contributed by atoms with Gasteiger partial charge in [0.25, 0.3) is 5.91 Å². The third kappa shape index (κ3) is 6.58. The highest BCUT2D eigenvalue weighted by Crippen LogP contribution is 2.11. The molecule has 0 saturated carbocycles. The first-order chi connectivity index (χ1) is 9.77. The van der Waals surface area contributed by atoms with Crippen LogP contribution in [0.4, 0.5) is 0 Å². The van der Waals surface area contributed by atoms with Crippen molar-refractivity contribution in [2.24, 2.45) is 0 Å². The van der Waals surface area contributed by atoms with Gasteiger partial charge in [0.05, 0.1) is 0 Å². The summed E-state index contributed by atoms with van der Waals surface area (Å²) in [7, 11) is 0. The molecular weight excluding hydrogens is 254 g/mol. The van der Waals surface area contributed by atoms with Crippen molar-refractivity contribution >= 4 is 5.91 Å². The molecule has 0 aromatic heterocycles. The molecule has 5 nitrogen and oxygen atoms in total. The fourth-order valence-electron chi connectivity index (χ4n) is 2.16. The molecule has 0 unspecified atom stereocenters. The monoisotopic (exact) mass is 279 g/mol. The molecular formula is C15H25N3O2. The van der Waals surface area contributed by atoms with E-state index in [1.54, 1.807) is 6.20 Å². The van der Waals surface area contributed by atoms with Gasteiger partial charge in [0, 0.05) is 39.0 Å². The maximum Gasteiger partial charge on any atom is 0.263 e. The maximum absolute atomic E-state index is 11.9. The largest absolute Gasteiger partial charge is 0.382 e. The Kier molecular flexibility index (Phi) is 8.48. The van der Waals surface area contributed by atoms with E-state index in [1.165, 1.54) is 12.8 Å². The van der Waals surface area contributed by atoms with Gasteiger partial charge >= 0.3 is 0 Å². The molecule has 1 aliphatic rings. The lowest BCUT2D eigenvalue weighted by Crippen LogP contribution is -2.28. The second-order valence-electron chi connectivity index (χ2n) is 4.91. The number of ether oxygens (including phenoxy) is 1. The molecule has 112 valence electrons. The van der Waals surface area contributed by atoms with Gasteiger partial charge in [-0.1, -0.05) is 12.8 Å². The first-order valence-corrected chi connectivity index (χ1v) is 7.50. The summed E-state index contributed by atoms with van der Waals surface area (Å²) in [6.07, 6.45) is 7.20. The van der Waals surface area contributed by atoms with Crippen LogP contribution in [0.25, 0.3) is 0 Å². The van der Waals surface area contributed by atoms with Crippen molar-refractivity contribution < 1.29 is 9.53 Å². The summed E-state index contributed by atoms with van der Waals surface area (Å²) < 4.78 is 5.20. The third-order valence-corrected chi connectivity index (χ3v) is 3.27. The SMILES string of the molecule is CCOCCCNC(=O)/C(C#N)=C\N1CCCCCC1. The topological polar surface area (TPSA) is 65.4 Å². The van der Waals surface area contributed by atoms with Gasteiger partial charge in [-0.3, -0.25) is 4.79 Å². The highest BCUT2D eigenvalue weighted by atomic mass is 16.5. The number of nitrogens with one attached hydrogen (secondary N) is 1. The molecule has 1 N–H and O–H groups in total. The maximum atomic E-state index is 11.9. The van der Waals surface area contributed by atoms with Crippen molar-refractivity contribution in [2.75, 3.05) is 32.8 Å². The van der Waals surface area contributed by atoms with Gasteiger partial charge in [0.15, 0.2) is 0 Å². The highest BCUT2D eigenvalue weighted by molar-refractivity contribution is 5.97. The second-order valence-corrected chi connectivity index (χ2v) is 4.91. The lowest BCUT2D eigenvalue weighted by molar-refractivity contribution is -0.117. The van der Waals surface area contributed by atoms with Crippen LogP contribution in [0.3, 0.4) is 0 Å². The summed E-state index contributed by atoms with van der Waals surface area (Å²) in [4.78, 5) is 14.0. The molecule has 0 atom stereocenters. The molecule has 1 heterocycles. The van der Waals surface area contributed by atoms with E-state index in [0.717, 1.165) is 32.4 Å². The van der Waals surface area contributed by atoms with E-state index in [0.29, 0.717) is 19.8 Å². The number of rotatable bonds is 7. The van der Waals surface area contributed by atoms with Crippen molar-refractivity contribution in [3.8, 4) is 6.07 Å². The molecule has 1 rings (SSSR count). The van der Waals surface area contributed by atoms with Crippen molar-refractivity contribution in [1.29, 1.82) is 5.26 Å². The van der Waals surface area contributed by atoms with Crippen LogP contribution in [0.2, 0.25) is 0 Å². The Balaban J connectivity index is 2.39. The Bertz CT molecular complexity index is 353. The molecule has 1 aliphatic heterocycles. The van der Waals surface area contributed by atoms with Gasteiger partial charge < -0.3 is 15.0 Å². The van der Waals surface area contributed by atoms with E-state index in [1.807, 2.05) is 13.0 Å². The molecule has 1 saturated heterocycles. The summed E-state index contributed by atoms with van der Waals surface area (Å²) in [6, 6.07) is 2.00. The summed E-state index contributed by atoms with van der Waals surface area (Å²) in [5.74, 6) is -0.284. The van der Waals surface area contributed by atoms with E-state index in [4.69, 9.17) is 10.00 Å². The number of amides is 1. The van der Waals surface area contributed by atoms with E-state index in [2.05, 4.69) is 10.2 Å². The summed E-state index contributed by atoms with van der Waals surface area (Å²) >= 11 is 0. The van der Waals surface area contributed by atoms with E-state index >= 15 is 0 Å². The van der Waals surface area contributed by atoms with Crippen LogP contribution in [0, 0.1) is 11.3 Å². The number of carbonyl (C=O) groups excluding carboxylic acids is 1. The Labute approximate surface area is 121 Å². The number of likely N-dealkylation sites (tertiary alicyclic amines) is 1. The number of nitriles is 1. The minimum Gasteiger partial charge on any atom is -0.382 e. The van der Waals surface area contributed by atoms with Crippen molar-refractivity contribution in [1.82, 2.24) is 10.2 Å². The molecule has 1 fully saturated rings. The predicted molar refractivity (Wildman–Crippen MR) is 77.9 cm³/mol. The van der Waals surface area contributed by atoms with Crippen LogP contribution in [0.15, 0.2) is 11.8 Å². The fourth-order valence-corrected chi connectivity index (χ4v) is 2.16. The second kappa shape index (κ2) is 10.3. The van der Waals surface area contributed by atoms with Crippen molar-refractivity contribution in [3.63, 3.8) is 0 Å². The Hall–Kier alpha value is -1.54. The van der Waals surface area contributed by atoms with E-state index in [9.17, 15) is 4.79 Å². The summed E-state index contributed by atoms with van der Waals surface area (Å²) in [5.41, 5.74) is 0.198. The van der Waals surface area contributed by atoms with Gasteiger partial charge in [-0.15, -0.1) is 0 Å². The van der Waals surface area contributed by atoms with Crippen LogP contribution in [-0.2, 0) is 9.53 Å². The predicted octanol–water partition coefficient (Wildman–Crippen LogP) is 1.81. The standard InChI is InChI=1S/C15H25N3O2/c1-2-20-11-7-8-17-15(19)14(12-16)13-18-9-5-3-4-6-10-18/h13H,2-11H2,1H3,(H,17,19)/b14-13-. The minimum atomic E-state index is -0.284. The Morgan fingerprint density at radius 3 is 2.65 bits per heavy atom. The first kappa shape index (κ1) is 16.5. The number of hydrogen-bond donors (Lipinski definition) is 1. The van der Waals surface area contributed by atoms with Gasteiger partial charge in [-0.05, 0) is 26.2 Å². The molecule has 20 heavy (non-hydrogen) atoms. The quantitative estimate of drug-likeness (QED) is 0.438. The highest BCUT2D eigenvalue weighted by Gasteiger charge is 2.12. The zero-order chi connectivity index (χ0) is 14.6. The lowest BCUT2D eigenvalue weighted by atomic mass is 10.2. The minimum absolute atomic E-state index is 0.198. The van der Waals surface area contributed by atoms with Gasteiger partial charge in [0.1, 0.15) is 11.6 Å². The molecule has 0 aliphatic carbocycles. The van der Waals surface area contributed by atoms with Crippen LogP contribution in [-0.4, -0.2) is 43.7 Å². The van der Waals surface area contributed by atoms with Crippen molar-refractivity contribution in [2.45, 2.75) is 39.0 Å². The van der Waals surface area contributed by atoms with E-state index < -0.39 is 0 Å². The normalized spacial score (nSPS) is 16.4. The van der Waals surface area contributed by atoms with Gasteiger partial charge in [-0.2, -0.15) is 5.26 Å². The third-order valence-electron chi connectivity index (χ3n) is 3.27. The Morgan fingerprint density at radius 1 is 1.35 bits per heavy atom. The van der Waals surface area contributed by atoms with Gasteiger partial charge in [-0.25, -0.2) is 0 Å². The zero-order valence-electron chi connectivity index (χ0n) is 12.4. The summed E-state index contributed by atoms with van der Waals surface area (Å²) in [6.45, 7) is 5.67. The summed E-state index contributed by atoms with van der Waals surface area (Å²) in [5, 5.41) is 11.9. The van der Waals surface area contributed by atoms with Crippen LogP contribution >= 0.6 is 0 Å². The Morgan fingerprint density at radius 2 is 2.05 bits per heavy atom. The molecule has 0 aromatic carbocycles. The number of hydrogen-bond acceptors (Lipinski definition) is 4. The van der Waals surface area contributed by atoms with Gasteiger partial charge in [0.2, 0.25) is 0 Å². The average molecular weight is 279 g/mol. The first-order valence-electron chi connectivity index (χ1n) is 7.50. The van der Waals surface area contributed by atoms with Crippen LogP contribution in [0.5, 0.6) is 0 Å². The molecule has 5 heteroatoms. The molecule has 0 spiro atoms. The van der Waals surface area contributed by atoms with E-state index in [-0.39, 0.29) is 11.5 Å². The zero-order valence-corrected chi connectivity index (χ0v) is 12.4. The van der Waals surface area contributed by atoms with Crippen LogP contribution in [0.1, 0.15) is 39.0 Å². The number of nitrogens with zero attached hydrogens (tertiary/aromatic N) is 2. The van der Waals surface area contributed by atoms with Crippen LogP contribution < -0.4 is 5.32 Å². The average Bonchev–Trinajstić information content (AvgIpc) is 2.72. The fraction of sp³-hybridized carbons (Fsp3) is 0.733. The van der Waals surface area contributed by atoms with Crippen molar-refractivity contribution in [3.05, 3.63) is 11.8 Å². The lowest BCUT2D eigenvalue weighted by Gasteiger charge is -2.17. The smallest absolute Gasteiger partial charge is 0.263 e. The molecule has 0 radical (unpaired) electrons. The molecule has 0 bridgehead atoms.